The number of fused-ring (bicyclic) bond motifs is 3. The quantitative estimate of drug-likeness (QED) is 0.0211. The highest BCUT2D eigenvalue weighted by atomic mass is 79.9. The van der Waals surface area contributed by atoms with Gasteiger partial charge >= 0.3 is 24.2 Å². The Bertz CT molecular complexity index is 2780. The highest BCUT2D eigenvalue weighted by molar-refractivity contribution is 9.09. The summed E-state index contributed by atoms with van der Waals surface area (Å²) >= 11 is 21.9. The van der Waals surface area contributed by atoms with E-state index in [-0.39, 0.29) is 19.0 Å². The molecular weight excluding hydrogens is 1090 g/mol. The summed E-state index contributed by atoms with van der Waals surface area (Å²) in [5, 5.41) is 13.4. The van der Waals surface area contributed by atoms with Gasteiger partial charge in [0.15, 0.2) is 0 Å². The van der Waals surface area contributed by atoms with Crippen molar-refractivity contribution in [3.05, 3.63) is 88.3 Å². The fourth-order valence-corrected chi connectivity index (χ4v) is 8.24. The van der Waals surface area contributed by atoms with E-state index in [0.29, 0.717) is 58.9 Å². The lowest BCUT2D eigenvalue weighted by Gasteiger charge is -2.20. The summed E-state index contributed by atoms with van der Waals surface area (Å²) in [6, 6.07) is 16.9. The lowest BCUT2D eigenvalue weighted by atomic mass is 10.2. The molecule has 6 rings (SSSR count). The number of H-pyrrole nitrogens is 1. The number of aromatic amines is 1. The zero-order valence-corrected chi connectivity index (χ0v) is 48.7. The third kappa shape index (κ3) is 23.6. The molecule has 0 radical (unpaired) electrons. The zero-order valence-electron chi connectivity index (χ0n) is 44.8. The van der Waals surface area contributed by atoms with Gasteiger partial charge in [-0.1, -0.05) is 76.4 Å². The van der Waals surface area contributed by atoms with Crippen molar-refractivity contribution in [2.75, 3.05) is 34.8 Å². The predicted octanol–water partition coefficient (Wildman–Crippen LogP) is 15.5. The highest BCUT2D eigenvalue weighted by Crippen LogP contribution is 2.34. The molecule has 0 fully saturated rings. The van der Waals surface area contributed by atoms with Crippen molar-refractivity contribution < 1.29 is 38.1 Å². The van der Waals surface area contributed by atoms with Gasteiger partial charge in [-0.3, -0.25) is 15.4 Å². The van der Waals surface area contributed by atoms with Crippen LogP contribution < -0.4 is 27.4 Å². The summed E-state index contributed by atoms with van der Waals surface area (Å²) in [5.74, 6) is -0.0940. The predicted molar refractivity (Wildman–Crippen MR) is 314 cm³/mol. The summed E-state index contributed by atoms with van der Waals surface area (Å²) in [5.41, 5.74) is 14.2. The molecule has 0 spiro atoms. The molecule has 3 heterocycles. The largest absolute Gasteiger partial charge is 0.460 e. The van der Waals surface area contributed by atoms with Crippen LogP contribution in [0.3, 0.4) is 0 Å². The lowest BCUT2D eigenvalue weighted by molar-refractivity contribution is -0.154. The Labute approximate surface area is 466 Å². The number of hydrogen-bond acceptors (Lipinski definition) is 10. The number of amides is 3. The van der Waals surface area contributed by atoms with E-state index in [1.807, 2.05) is 143 Å². The number of anilines is 3. The standard InChI is InChI=1S/C21H30ClN3O4.C13H15ClN2O2.C11H14ClN3.C9H17BrO2.CH4/c1-20(2,3)28-18(26)23-11-8-12-25-13-14(22)17-15(9-7-10-16(17)25)24-19(27)29-21(4,5)6;1-13(2,3)18-12(17)16-10-6-4-5-9-11(10)8(14)7-15-9;12-8-7-15(6-2-5-13)10-4-1-3-9(14)11(8)10;1-9(2,3)12-8(11)6-4-5-7-10;/h7,9-10,13H,8,11-12H2,1-6H3,(H,23,26)(H,24,27);4-7,15H,1-3H3,(H,16,17);1,3-4,7H,2,5-6,13-14H2;4-7H2,1-3H3;1H4. The van der Waals surface area contributed by atoms with E-state index in [0.717, 1.165) is 69.5 Å². The molecule has 3 aromatic heterocycles. The minimum absolute atomic E-state index is 0. The van der Waals surface area contributed by atoms with Gasteiger partial charge < -0.3 is 49.8 Å². The van der Waals surface area contributed by atoms with Gasteiger partial charge in [-0.15, -0.1) is 0 Å². The number of benzene rings is 3. The van der Waals surface area contributed by atoms with E-state index in [2.05, 4.69) is 41.4 Å². The SMILES string of the molecule is C.CC(C)(C)OC(=O)CCCCBr.CC(C)(C)OC(=O)NCCCn1cc(Cl)c2c(NC(=O)OC(C)(C)C)cccc21.CC(C)(C)OC(=O)Nc1cccc2[nH]cc(Cl)c12.NCCCn1cc(Cl)c2c(N)cccc21. The number of unbranched alkanes of at least 4 members (excludes halogenated alkanes) is 1. The number of nitrogen functional groups attached to an aromatic ring is 1. The smallest absolute Gasteiger partial charge is 0.412 e. The summed E-state index contributed by atoms with van der Waals surface area (Å²) in [6.07, 6.45) is 8.06. The molecule has 3 amide bonds. The number of alkyl halides is 1. The summed E-state index contributed by atoms with van der Waals surface area (Å²) < 4.78 is 25.0. The van der Waals surface area contributed by atoms with Gasteiger partial charge in [0.1, 0.15) is 22.4 Å². The van der Waals surface area contributed by atoms with Gasteiger partial charge in [-0.25, -0.2) is 14.4 Å². The third-order valence-electron chi connectivity index (χ3n) is 9.71. The van der Waals surface area contributed by atoms with Crippen LogP contribution in [0.2, 0.25) is 15.1 Å². The Balaban J connectivity index is 0.000000361. The van der Waals surface area contributed by atoms with E-state index in [9.17, 15) is 19.2 Å². The van der Waals surface area contributed by atoms with Gasteiger partial charge in [0.05, 0.1) is 37.5 Å². The molecule has 3 aromatic carbocycles. The maximum absolute atomic E-state index is 12.1. The monoisotopic (exact) mass is 1160 g/mol. The number of nitrogens with one attached hydrogen (secondary N) is 4. The summed E-state index contributed by atoms with van der Waals surface area (Å²) in [6.45, 7) is 24.7. The van der Waals surface area contributed by atoms with Gasteiger partial charge in [0, 0.05) is 77.3 Å². The number of aryl methyl sites for hydroxylation is 2. The molecule has 75 heavy (non-hydrogen) atoms. The number of halogens is 4. The van der Waals surface area contributed by atoms with Crippen LogP contribution in [0.25, 0.3) is 32.7 Å². The summed E-state index contributed by atoms with van der Waals surface area (Å²) in [7, 11) is 0. The molecule has 0 aliphatic carbocycles. The molecule has 6 aromatic rings. The maximum atomic E-state index is 12.1. The second-order valence-corrected chi connectivity index (χ2v) is 23.1. The average molecular weight is 1170 g/mol. The van der Waals surface area contributed by atoms with Crippen molar-refractivity contribution in [2.45, 2.75) is 158 Å². The Morgan fingerprint density at radius 1 is 0.600 bits per heavy atom. The number of ether oxygens (including phenoxy) is 4. The molecule has 0 atom stereocenters. The van der Waals surface area contributed by atoms with Crippen LogP contribution in [0.15, 0.2) is 73.2 Å². The van der Waals surface area contributed by atoms with Crippen molar-refractivity contribution in [3.8, 4) is 0 Å². The normalized spacial score (nSPS) is 11.4. The third-order valence-corrected chi connectivity index (χ3v) is 11.1. The molecule has 0 aliphatic rings. The van der Waals surface area contributed by atoms with Crippen molar-refractivity contribution in [3.63, 3.8) is 0 Å². The van der Waals surface area contributed by atoms with Crippen LogP contribution in [0.4, 0.5) is 31.4 Å². The van der Waals surface area contributed by atoms with E-state index < -0.39 is 35.1 Å². The first-order chi connectivity index (χ1) is 34.4. The Kier molecular flexibility index (Phi) is 26.2. The maximum Gasteiger partial charge on any atom is 0.412 e. The van der Waals surface area contributed by atoms with Crippen molar-refractivity contribution >= 4 is 125 Å². The van der Waals surface area contributed by atoms with Crippen molar-refractivity contribution in [1.82, 2.24) is 19.4 Å². The first kappa shape index (κ1) is 65.8. The number of carbonyl (C=O) groups excluding carboxylic acids is 4. The van der Waals surface area contributed by atoms with Gasteiger partial charge in [-0.05, 0) is 152 Å². The van der Waals surface area contributed by atoms with E-state index in [1.165, 1.54) is 0 Å². The Morgan fingerprint density at radius 2 is 1.07 bits per heavy atom. The fourth-order valence-electron chi connectivity index (χ4n) is 6.95. The topological polar surface area (TPSA) is 219 Å². The molecule has 416 valence electrons. The molecule has 0 saturated carbocycles. The number of nitrogens with zero attached hydrogens (tertiary/aromatic N) is 2. The molecule has 0 saturated heterocycles. The van der Waals surface area contributed by atoms with Crippen LogP contribution in [0, 0.1) is 0 Å². The first-order valence-corrected chi connectivity index (χ1v) is 26.7. The molecule has 16 nitrogen and oxygen atoms in total. The van der Waals surface area contributed by atoms with Crippen molar-refractivity contribution in [1.29, 1.82) is 0 Å². The lowest BCUT2D eigenvalue weighted by Crippen LogP contribution is -2.33. The number of rotatable bonds is 13. The molecule has 8 N–H and O–H groups in total. The van der Waals surface area contributed by atoms with Crippen LogP contribution in [0.5, 0.6) is 0 Å². The van der Waals surface area contributed by atoms with Gasteiger partial charge in [-0.2, -0.15) is 0 Å². The average Bonchev–Trinajstić information content (AvgIpc) is 3.92. The minimum atomic E-state index is -0.588. The van der Waals surface area contributed by atoms with Gasteiger partial charge in [0.25, 0.3) is 0 Å². The second-order valence-electron chi connectivity index (χ2n) is 21.1. The number of carbonyl (C=O) groups is 4. The van der Waals surface area contributed by atoms with Crippen LogP contribution >= 0.6 is 50.7 Å². The van der Waals surface area contributed by atoms with Crippen LogP contribution in [-0.4, -0.2) is 79.2 Å². The number of aromatic nitrogens is 3. The number of esters is 1. The van der Waals surface area contributed by atoms with E-state index in [1.54, 1.807) is 18.3 Å². The second kappa shape index (κ2) is 29.8. The zero-order chi connectivity index (χ0) is 55.6. The van der Waals surface area contributed by atoms with Crippen LogP contribution in [-0.2, 0) is 36.8 Å². The number of hydrogen-bond donors (Lipinski definition) is 6. The van der Waals surface area contributed by atoms with Crippen LogP contribution in [0.1, 0.15) is 123 Å². The molecular formula is C55H80BrCl3N8O8. The molecule has 20 heteroatoms. The van der Waals surface area contributed by atoms with Gasteiger partial charge in [0.2, 0.25) is 0 Å². The minimum Gasteiger partial charge on any atom is -0.460 e. The first-order valence-electron chi connectivity index (χ1n) is 24.4. The Morgan fingerprint density at radius 3 is 1.59 bits per heavy atom. The Hall–Kier alpha value is -5.33. The van der Waals surface area contributed by atoms with Crippen molar-refractivity contribution in [2.24, 2.45) is 5.73 Å². The fraction of sp³-hybridized carbons (Fsp3) is 0.491. The molecule has 0 aliphatic heterocycles. The highest BCUT2D eigenvalue weighted by Gasteiger charge is 2.21. The van der Waals surface area contributed by atoms with E-state index in [4.69, 9.17) is 65.2 Å². The number of alkyl carbamates (subject to hydrolysis) is 1. The molecule has 0 unspecified atom stereocenters. The molecule has 0 bridgehead atoms. The number of nitrogens with two attached hydrogens (primary N) is 2. The summed E-state index contributed by atoms with van der Waals surface area (Å²) in [4.78, 5) is 49.7. The van der Waals surface area contributed by atoms with E-state index >= 15 is 0 Å².